The molecule has 246 valence electrons. The van der Waals surface area contributed by atoms with E-state index in [4.69, 9.17) is 9.84 Å². The summed E-state index contributed by atoms with van der Waals surface area (Å²) in [4.78, 5) is 47.4. The first-order chi connectivity index (χ1) is 20.0. The van der Waals surface area contributed by atoms with Gasteiger partial charge in [-0.15, -0.1) is 0 Å². The topological polar surface area (TPSA) is 138 Å². The van der Waals surface area contributed by atoms with Crippen molar-refractivity contribution < 1.29 is 39.2 Å². The van der Waals surface area contributed by atoms with Crippen LogP contribution >= 0.6 is 0 Å². The third kappa shape index (κ3) is 22.6. The van der Waals surface area contributed by atoms with Crippen molar-refractivity contribution in [1.82, 2.24) is 0 Å². The van der Waals surface area contributed by atoms with E-state index in [0.29, 0.717) is 19.3 Å². The van der Waals surface area contributed by atoms with E-state index >= 15 is 0 Å². The molecule has 0 bridgehead atoms. The predicted octanol–water partition coefficient (Wildman–Crippen LogP) is 8.41. The molecule has 2 unspecified atom stereocenters. The van der Waals surface area contributed by atoms with Crippen LogP contribution in [0.15, 0.2) is 0 Å². The van der Waals surface area contributed by atoms with Gasteiger partial charge in [0.2, 0.25) is 0 Å². The Balaban J connectivity index is 4.14. The summed E-state index contributed by atoms with van der Waals surface area (Å²) in [5.41, 5.74) is -2.77. The van der Waals surface area contributed by atoms with Crippen molar-refractivity contribution in [2.75, 3.05) is 0 Å². The number of esters is 1. The standard InChI is InChI=1S/C34H62O8/c1-4-5-20-24-29(35)30(42-32(38)27-34(41,33(39)40)26-31(36)37)25-22-19-17-15-13-11-9-7-6-8-10-12-14-16-18-21-23-28(2)3/h28,30,41H,4-27H2,1-3H3,(H,36,37)(H,39,40). The summed E-state index contributed by atoms with van der Waals surface area (Å²) in [7, 11) is 0. The fourth-order valence-electron chi connectivity index (χ4n) is 5.26. The average Bonchev–Trinajstić information content (AvgIpc) is 2.90. The van der Waals surface area contributed by atoms with Gasteiger partial charge in [0.05, 0.1) is 12.8 Å². The minimum atomic E-state index is -2.77. The van der Waals surface area contributed by atoms with Crippen molar-refractivity contribution in [3.63, 3.8) is 0 Å². The molecule has 0 fully saturated rings. The molecule has 0 spiro atoms. The Morgan fingerprint density at radius 1 is 0.619 bits per heavy atom. The smallest absolute Gasteiger partial charge is 0.336 e. The van der Waals surface area contributed by atoms with E-state index in [0.717, 1.165) is 38.0 Å². The lowest BCUT2D eigenvalue weighted by molar-refractivity contribution is -0.174. The summed E-state index contributed by atoms with van der Waals surface area (Å²) < 4.78 is 5.30. The molecule has 0 saturated carbocycles. The molecule has 8 nitrogen and oxygen atoms in total. The largest absolute Gasteiger partial charge is 0.481 e. The molecule has 0 heterocycles. The molecule has 3 N–H and O–H groups in total. The Labute approximate surface area is 255 Å². The number of hydrogen-bond donors (Lipinski definition) is 3. The second kappa shape index (κ2) is 25.5. The van der Waals surface area contributed by atoms with Crippen LogP contribution in [-0.2, 0) is 23.9 Å². The van der Waals surface area contributed by atoms with Gasteiger partial charge in [0.1, 0.15) is 0 Å². The van der Waals surface area contributed by atoms with Gasteiger partial charge in [0.25, 0.3) is 0 Å². The highest BCUT2D eigenvalue weighted by Gasteiger charge is 2.42. The number of ketones is 1. The lowest BCUT2D eigenvalue weighted by Gasteiger charge is -2.22. The zero-order valence-corrected chi connectivity index (χ0v) is 27.0. The first-order valence-electron chi connectivity index (χ1n) is 16.9. The van der Waals surface area contributed by atoms with Crippen LogP contribution in [0, 0.1) is 5.92 Å². The number of ether oxygens (including phenoxy) is 1. The molecule has 42 heavy (non-hydrogen) atoms. The van der Waals surface area contributed by atoms with E-state index in [-0.39, 0.29) is 12.2 Å². The van der Waals surface area contributed by atoms with Crippen molar-refractivity contribution in [3.8, 4) is 0 Å². The fraction of sp³-hybridized carbons (Fsp3) is 0.882. The summed E-state index contributed by atoms with van der Waals surface area (Å²) in [5, 5.41) is 28.2. The van der Waals surface area contributed by atoms with Crippen molar-refractivity contribution in [3.05, 3.63) is 0 Å². The van der Waals surface area contributed by atoms with Gasteiger partial charge >= 0.3 is 17.9 Å². The molecule has 0 saturated heterocycles. The predicted molar refractivity (Wildman–Crippen MR) is 166 cm³/mol. The van der Waals surface area contributed by atoms with Crippen molar-refractivity contribution >= 4 is 23.7 Å². The molecule has 0 aromatic heterocycles. The van der Waals surface area contributed by atoms with E-state index in [2.05, 4.69) is 13.8 Å². The van der Waals surface area contributed by atoms with E-state index in [1.807, 2.05) is 6.92 Å². The number of carboxylic acids is 2. The quantitative estimate of drug-likeness (QED) is 0.0553. The van der Waals surface area contributed by atoms with Gasteiger partial charge in [-0.25, -0.2) is 4.79 Å². The number of carbonyl (C=O) groups is 4. The van der Waals surface area contributed by atoms with E-state index in [1.165, 1.54) is 83.5 Å². The summed E-state index contributed by atoms with van der Waals surface area (Å²) in [5.74, 6) is -3.82. The third-order valence-electron chi connectivity index (χ3n) is 7.94. The number of Topliss-reactive ketones (excluding diaryl/α,β-unsaturated/α-hetero) is 1. The van der Waals surface area contributed by atoms with Crippen LogP contribution in [0.1, 0.15) is 175 Å². The Kier molecular flexibility index (Phi) is 24.3. The Morgan fingerprint density at radius 2 is 1.05 bits per heavy atom. The van der Waals surface area contributed by atoms with Gasteiger partial charge in [-0.1, -0.05) is 136 Å². The van der Waals surface area contributed by atoms with E-state index in [9.17, 15) is 29.4 Å². The molecular weight excluding hydrogens is 536 g/mol. The molecule has 2 atom stereocenters. The van der Waals surface area contributed by atoms with Gasteiger partial charge in [0.15, 0.2) is 17.5 Å². The van der Waals surface area contributed by atoms with Gasteiger partial charge in [-0.05, 0) is 25.2 Å². The molecule has 8 heteroatoms. The van der Waals surface area contributed by atoms with Crippen molar-refractivity contribution in [2.24, 2.45) is 5.92 Å². The maximum Gasteiger partial charge on any atom is 0.336 e. The molecule has 0 aromatic rings. The monoisotopic (exact) mass is 598 g/mol. The second-order valence-electron chi connectivity index (χ2n) is 12.6. The first-order valence-corrected chi connectivity index (χ1v) is 16.9. The van der Waals surface area contributed by atoms with Crippen LogP contribution in [-0.4, -0.2) is 50.7 Å². The zero-order valence-electron chi connectivity index (χ0n) is 27.0. The van der Waals surface area contributed by atoms with Crippen LogP contribution in [0.4, 0.5) is 0 Å². The van der Waals surface area contributed by atoms with Crippen molar-refractivity contribution in [2.45, 2.75) is 187 Å². The Bertz CT molecular complexity index is 735. The number of rotatable bonds is 30. The van der Waals surface area contributed by atoms with E-state index < -0.39 is 42.5 Å². The minimum absolute atomic E-state index is 0.212. The summed E-state index contributed by atoms with van der Waals surface area (Å²) >= 11 is 0. The molecule has 0 radical (unpaired) electrons. The average molecular weight is 599 g/mol. The molecule has 0 aliphatic carbocycles. The molecule has 0 rings (SSSR count). The molecule has 0 aliphatic rings. The van der Waals surface area contributed by atoms with Gasteiger partial charge in [-0.3, -0.25) is 14.4 Å². The number of aliphatic carboxylic acids is 2. The van der Waals surface area contributed by atoms with Crippen LogP contribution < -0.4 is 0 Å². The highest BCUT2D eigenvalue weighted by atomic mass is 16.5. The van der Waals surface area contributed by atoms with Crippen LogP contribution in [0.25, 0.3) is 0 Å². The fourth-order valence-corrected chi connectivity index (χ4v) is 5.26. The number of aliphatic hydroxyl groups is 1. The SMILES string of the molecule is CCCCCC(=O)C(CCCCCCCCCCCCCCCCCCC(C)C)OC(=O)CC(O)(CC(=O)O)C(=O)O. The van der Waals surface area contributed by atoms with Gasteiger partial charge < -0.3 is 20.1 Å². The molecular formula is C34H62O8. The maximum atomic E-state index is 12.7. The summed E-state index contributed by atoms with van der Waals surface area (Å²) in [6.45, 7) is 6.62. The third-order valence-corrected chi connectivity index (χ3v) is 7.94. The van der Waals surface area contributed by atoms with Crippen LogP contribution in [0.3, 0.4) is 0 Å². The van der Waals surface area contributed by atoms with Crippen LogP contribution in [0.5, 0.6) is 0 Å². The highest BCUT2D eigenvalue weighted by Crippen LogP contribution is 2.21. The zero-order chi connectivity index (χ0) is 31.6. The molecule has 0 amide bonds. The normalized spacial score (nSPS) is 13.5. The molecule has 0 aliphatic heterocycles. The van der Waals surface area contributed by atoms with Gasteiger partial charge in [0, 0.05) is 6.42 Å². The number of carbonyl (C=O) groups excluding carboxylic acids is 2. The van der Waals surface area contributed by atoms with Crippen LogP contribution in [0.2, 0.25) is 0 Å². The molecule has 0 aromatic carbocycles. The first kappa shape index (κ1) is 40.0. The lowest BCUT2D eigenvalue weighted by atomic mass is 9.95. The Morgan fingerprint density at radius 3 is 1.43 bits per heavy atom. The van der Waals surface area contributed by atoms with Crippen molar-refractivity contribution in [1.29, 1.82) is 0 Å². The van der Waals surface area contributed by atoms with Gasteiger partial charge in [-0.2, -0.15) is 0 Å². The summed E-state index contributed by atoms with van der Waals surface area (Å²) in [6, 6.07) is 0. The number of unbranched alkanes of at least 4 members (excludes halogenated alkanes) is 17. The van der Waals surface area contributed by atoms with E-state index in [1.54, 1.807) is 0 Å². The lowest BCUT2D eigenvalue weighted by Crippen LogP contribution is -2.44. The second-order valence-corrected chi connectivity index (χ2v) is 12.6. The summed E-state index contributed by atoms with van der Waals surface area (Å²) in [6.07, 6.45) is 21.1. The minimum Gasteiger partial charge on any atom is -0.481 e. The highest BCUT2D eigenvalue weighted by molar-refractivity contribution is 5.90. The Hall–Kier alpha value is -1.96. The maximum absolute atomic E-state index is 12.7. The number of carboxylic acid groups (broad SMARTS) is 2. The number of hydrogen-bond acceptors (Lipinski definition) is 6.